The van der Waals surface area contributed by atoms with E-state index in [4.69, 9.17) is 5.73 Å². The van der Waals surface area contributed by atoms with Crippen molar-refractivity contribution in [3.63, 3.8) is 0 Å². The number of hydrogen-bond donors (Lipinski definition) is 2. The van der Waals surface area contributed by atoms with Crippen LogP contribution in [0.1, 0.15) is 0 Å². The van der Waals surface area contributed by atoms with Crippen LogP contribution in [0.5, 0.6) is 0 Å². The van der Waals surface area contributed by atoms with Crippen molar-refractivity contribution in [1.29, 1.82) is 0 Å². The number of carbonyl (C=O) groups excluding carboxylic acids is 1. The van der Waals surface area contributed by atoms with E-state index in [-0.39, 0.29) is 6.61 Å². The summed E-state index contributed by atoms with van der Waals surface area (Å²) in [4.78, 5) is 18.8. The highest BCUT2D eigenvalue weighted by molar-refractivity contribution is 5.85. The van der Waals surface area contributed by atoms with Gasteiger partial charge in [0.15, 0.2) is 5.82 Å². The molecule has 0 saturated heterocycles. The molecule has 0 aliphatic carbocycles. The third kappa shape index (κ3) is 2.44. The lowest BCUT2D eigenvalue weighted by Crippen LogP contribution is -2.18. The first-order valence-corrected chi connectivity index (χ1v) is 5.10. The molecule has 2 aromatic heterocycles. The zero-order chi connectivity index (χ0) is 12.3. The van der Waals surface area contributed by atoms with E-state index in [1.165, 1.54) is 0 Å². The van der Waals surface area contributed by atoms with Gasteiger partial charge < -0.3 is 20.4 Å². The van der Waals surface area contributed by atoms with Gasteiger partial charge in [-0.2, -0.15) is 0 Å². The van der Waals surface area contributed by atoms with Crippen molar-refractivity contribution in [3.05, 3.63) is 18.6 Å². The van der Waals surface area contributed by atoms with E-state index in [1.54, 1.807) is 12.5 Å². The summed E-state index contributed by atoms with van der Waals surface area (Å²) < 4.78 is 6.51. The van der Waals surface area contributed by atoms with Gasteiger partial charge in [-0.25, -0.2) is 14.8 Å². The minimum atomic E-state index is -0.782. The van der Waals surface area contributed by atoms with Crippen LogP contribution in [0, 0.1) is 0 Å². The maximum absolute atomic E-state index is 10.4. The number of nitrogens with one attached hydrogen (secondary N) is 1. The Bertz CT molecular complexity index is 536. The monoisotopic (exact) mass is 235 g/mol. The van der Waals surface area contributed by atoms with Crippen molar-refractivity contribution in [2.45, 2.75) is 0 Å². The third-order valence-electron chi connectivity index (χ3n) is 2.28. The van der Waals surface area contributed by atoms with E-state index in [1.807, 2.05) is 17.7 Å². The van der Waals surface area contributed by atoms with Crippen LogP contribution in [0.25, 0.3) is 11.0 Å². The number of fused-ring (bicyclic) bond motifs is 1. The molecule has 2 heterocycles. The number of hydrogen-bond acceptors (Lipinski definition) is 5. The average molecular weight is 235 g/mol. The molecule has 0 radical (unpaired) electrons. The van der Waals surface area contributed by atoms with Gasteiger partial charge in [0, 0.05) is 13.2 Å². The van der Waals surface area contributed by atoms with Gasteiger partial charge >= 0.3 is 6.09 Å². The molecule has 0 bridgehead atoms. The lowest BCUT2D eigenvalue weighted by molar-refractivity contribution is 0.161. The number of imidazole rings is 1. The zero-order valence-corrected chi connectivity index (χ0v) is 9.38. The maximum atomic E-state index is 10.4. The molecule has 2 aromatic rings. The highest BCUT2D eigenvalue weighted by Gasteiger charge is 2.05. The number of anilines is 1. The summed E-state index contributed by atoms with van der Waals surface area (Å²) >= 11 is 0. The Morgan fingerprint density at radius 2 is 2.41 bits per heavy atom. The quantitative estimate of drug-likeness (QED) is 0.751. The molecule has 0 spiro atoms. The number of nitrogens with two attached hydrogens (primary N) is 1. The van der Waals surface area contributed by atoms with Gasteiger partial charge in [0.25, 0.3) is 0 Å². The molecule has 0 saturated carbocycles. The fourth-order valence-electron chi connectivity index (χ4n) is 1.51. The van der Waals surface area contributed by atoms with Crippen molar-refractivity contribution in [1.82, 2.24) is 14.5 Å². The number of nitrogens with zero attached hydrogens (tertiary/aromatic N) is 3. The molecule has 0 aliphatic rings. The van der Waals surface area contributed by atoms with Crippen LogP contribution in [0.2, 0.25) is 0 Å². The molecule has 0 unspecified atom stereocenters. The molecule has 2 rings (SSSR count). The number of pyridine rings is 1. The smallest absolute Gasteiger partial charge is 0.404 e. The van der Waals surface area contributed by atoms with Gasteiger partial charge in [0.05, 0.1) is 18.4 Å². The maximum Gasteiger partial charge on any atom is 0.404 e. The van der Waals surface area contributed by atoms with E-state index in [2.05, 4.69) is 20.0 Å². The van der Waals surface area contributed by atoms with E-state index >= 15 is 0 Å². The first-order chi connectivity index (χ1) is 8.18. The lowest BCUT2D eigenvalue weighted by Gasteiger charge is -2.06. The summed E-state index contributed by atoms with van der Waals surface area (Å²) in [6.07, 6.45) is 2.63. The molecule has 1 amide bonds. The van der Waals surface area contributed by atoms with Crippen molar-refractivity contribution < 1.29 is 9.53 Å². The van der Waals surface area contributed by atoms with Gasteiger partial charge in [-0.15, -0.1) is 0 Å². The predicted molar refractivity (Wildman–Crippen MR) is 62.5 cm³/mol. The van der Waals surface area contributed by atoms with Gasteiger partial charge in [-0.3, -0.25) is 0 Å². The Labute approximate surface area is 97.6 Å². The minimum Gasteiger partial charge on any atom is -0.448 e. The topological polar surface area (TPSA) is 95.1 Å². The summed E-state index contributed by atoms with van der Waals surface area (Å²) in [5.41, 5.74) is 6.62. The Hall–Kier alpha value is -2.31. The van der Waals surface area contributed by atoms with E-state index in [0.717, 1.165) is 11.0 Å². The summed E-state index contributed by atoms with van der Waals surface area (Å²) in [6.45, 7) is 0.631. The van der Waals surface area contributed by atoms with Gasteiger partial charge in [-0.05, 0) is 6.07 Å². The molecule has 90 valence electrons. The number of rotatable bonds is 4. The molecule has 0 atom stereocenters. The second kappa shape index (κ2) is 4.69. The summed E-state index contributed by atoms with van der Waals surface area (Å²) in [6, 6.07) is 1.88. The molecule has 0 aromatic carbocycles. The van der Waals surface area contributed by atoms with Crippen LogP contribution >= 0.6 is 0 Å². The fourth-order valence-corrected chi connectivity index (χ4v) is 1.51. The minimum absolute atomic E-state index is 0.195. The number of amides is 1. The first kappa shape index (κ1) is 11.2. The molecule has 17 heavy (non-hydrogen) atoms. The van der Waals surface area contributed by atoms with Crippen LogP contribution < -0.4 is 11.1 Å². The lowest BCUT2D eigenvalue weighted by atomic mass is 10.4. The second-order valence-corrected chi connectivity index (χ2v) is 3.48. The Morgan fingerprint density at radius 1 is 1.59 bits per heavy atom. The SMILES string of the molecule is Cn1cnc2c(NCCOC(N)=O)nccc21. The number of aromatic nitrogens is 3. The molecule has 7 heteroatoms. The highest BCUT2D eigenvalue weighted by Crippen LogP contribution is 2.17. The normalized spacial score (nSPS) is 10.4. The van der Waals surface area contributed by atoms with E-state index < -0.39 is 6.09 Å². The summed E-state index contributed by atoms with van der Waals surface area (Å²) in [5.74, 6) is 0.663. The van der Waals surface area contributed by atoms with Crippen molar-refractivity contribution in [2.75, 3.05) is 18.5 Å². The van der Waals surface area contributed by atoms with Gasteiger partial charge in [-0.1, -0.05) is 0 Å². The summed E-state index contributed by atoms with van der Waals surface area (Å²) in [7, 11) is 1.91. The third-order valence-corrected chi connectivity index (χ3v) is 2.28. The van der Waals surface area contributed by atoms with Crippen molar-refractivity contribution in [3.8, 4) is 0 Å². The number of aryl methyl sites for hydroxylation is 1. The molecule has 0 fully saturated rings. The fraction of sp³-hybridized carbons (Fsp3) is 0.300. The Morgan fingerprint density at radius 3 is 3.18 bits per heavy atom. The molecule has 0 aliphatic heterocycles. The Balaban J connectivity index is 2.06. The largest absolute Gasteiger partial charge is 0.448 e. The molecule has 3 N–H and O–H groups in total. The number of primary amides is 1. The van der Waals surface area contributed by atoms with Crippen LogP contribution in [0.4, 0.5) is 10.6 Å². The first-order valence-electron chi connectivity index (χ1n) is 5.10. The summed E-state index contributed by atoms with van der Waals surface area (Å²) in [5, 5.41) is 3.04. The molecular weight excluding hydrogens is 222 g/mol. The van der Waals surface area contributed by atoms with Crippen LogP contribution in [0.15, 0.2) is 18.6 Å². The number of ether oxygens (including phenoxy) is 1. The average Bonchev–Trinajstić information content (AvgIpc) is 2.67. The molecule has 7 nitrogen and oxygen atoms in total. The van der Waals surface area contributed by atoms with Gasteiger partial charge in [0.2, 0.25) is 0 Å². The zero-order valence-electron chi connectivity index (χ0n) is 9.38. The number of carbonyl (C=O) groups is 1. The second-order valence-electron chi connectivity index (χ2n) is 3.48. The predicted octanol–water partition coefficient (Wildman–Crippen LogP) is 0.475. The van der Waals surface area contributed by atoms with Crippen molar-refractivity contribution in [2.24, 2.45) is 12.8 Å². The van der Waals surface area contributed by atoms with Crippen LogP contribution in [-0.2, 0) is 11.8 Å². The standard InChI is InChI=1S/C10H13N5O2/c1-15-6-14-8-7(15)2-3-12-9(8)13-4-5-17-10(11)16/h2-3,6H,4-5H2,1H3,(H2,11,16)(H,12,13). The Kier molecular flexibility index (Phi) is 3.08. The highest BCUT2D eigenvalue weighted by atomic mass is 16.5. The van der Waals surface area contributed by atoms with E-state index in [0.29, 0.717) is 12.4 Å². The van der Waals surface area contributed by atoms with Crippen molar-refractivity contribution >= 4 is 22.9 Å². The van der Waals surface area contributed by atoms with Crippen LogP contribution in [-0.4, -0.2) is 33.8 Å². The van der Waals surface area contributed by atoms with Crippen LogP contribution in [0.3, 0.4) is 0 Å². The van der Waals surface area contributed by atoms with E-state index in [9.17, 15) is 4.79 Å². The molecular formula is C10H13N5O2. The van der Waals surface area contributed by atoms with Gasteiger partial charge in [0.1, 0.15) is 12.1 Å².